The van der Waals surface area contributed by atoms with Gasteiger partial charge in [-0.15, -0.1) is 11.3 Å². The van der Waals surface area contributed by atoms with Crippen LogP contribution in [0, 0.1) is 6.92 Å². The van der Waals surface area contributed by atoms with Crippen LogP contribution in [0.2, 0.25) is 0 Å². The third-order valence-electron chi connectivity index (χ3n) is 4.01. The highest BCUT2D eigenvalue weighted by atomic mass is 32.1. The number of hydrogen-bond donors (Lipinski definition) is 1. The molecule has 0 saturated carbocycles. The summed E-state index contributed by atoms with van der Waals surface area (Å²) in [7, 11) is 0. The van der Waals surface area contributed by atoms with Gasteiger partial charge in [-0.25, -0.2) is 10.4 Å². The first-order valence-electron chi connectivity index (χ1n) is 8.42. The first-order valence-corrected chi connectivity index (χ1v) is 9.23. The van der Waals surface area contributed by atoms with Crippen LogP contribution in [0.25, 0.3) is 22.3 Å². The largest absolute Gasteiger partial charge is 0.272 e. The van der Waals surface area contributed by atoms with Crippen LogP contribution in [-0.4, -0.2) is 22.1 Å². The maximum absolute atomic E-state index is 12.8. The number of nitrogens with one attached hydrogen (secondary N) is 1. The minimum Gasteiger partial charge on any atom is -0.267 e. The molecule has 5 nitrogen and oxygen atoms in total. The van der Waals surface area contributed by atoms with E-state index in [0.717, 1.165) is 21.5 Å². The molecule has 0 atom stereocenters. The maximum Gasteiger partial charge on any atom is 0.272 e. The van der Waals surface area contributed by atoms with Crippen molar-refractivity contribution in [3.8, 4) is 11.4 Å². The molecule has 1 amide bonds. The van der Waals surface area contributed by atoms with Crippen LogP contribution in [0.1, 0.15) is 20.1 Å². The van der Waals surface area contributed by atoms with Crippen LogP contribution in [-0.2, 0) is 0 Å². The number of nitrogens with zero attached hydrogens (tertiary/aromatic N) is 3. The van der Waals surface area contributed by atoms with Gasteiger partial charge in [-0.2, -0.15) is 5.10 Å². The number of carbonyl (C=O) groups excluding carboxylic acids is 1. The minimum absolute atomic E-state index is 0.282. The molecule has 0 aliphatic rings. The van der Waals surface area contributed by atoms with E-state index in [-0.39, 0.29) is 5.91 Å². The number of pyridine rings is 2. The number of para-hydroxylation sites is 1. The monoisotopic (exact) mass is 372 g/mol. The van der Waals surface area contributed by atoms with Gasteiger partial charge in [-0.1, -0.05) is 24.3 Å². The first kappa shape index (κ1) is 17.1. The zero-order chi connectivity index (χ0) is 18.6. The van der Waals surface area contributed by atoms with Gasteiger partial charge in [0, 0.05) is 21.3 Å². The van der Waals surface area contributed by atoms with Crippen molar-refractivity contribution in [3.05, 3.63) is 82.2 Å². The molecule has 1 aromatic carbocycles. The number of amides is 1. The Bertz CT molecular complexity index is 1140. The van der Waals surface area contributed by atoms with E-state index in [1.54, 1.807) is 29.8 Å². The van der Waals surface area contributed by atoms with Gasteiger partial charge in [0.2, 0.25) is 0 Å². The number of hydrogen-bond acceptors (Lipinski definition) is 5. The van der Waals surface area contributed by atoms with Crippen molar-refractivity contribution in [2.24, 2.45) is 5.10 Å². The molecule has 3 heterocycles. The third kappa shape index (κ3) is 3.75. The van der Waals surface area contributed by atoms with E-state index in [1.165, 1.54) is 4.88 Å². The number of fused-ring (bicyclic) bond motifs is 1. The second-order valence-corrected chi connectivity index (χ2v) is 7.25. The number of thiophene rings is 1. The molecule has 132 valence electrons. The molecule has 0 aliphatic carbocycles. The van der Waals surface area contributed by atoms with Gasteiger partial charge in [0.25, 0.3) is 5.91 Å². The Hall–Kier alpha value is -3.38. The standard InChI is InChI=1S/C21H16N4OS/c1-14-9-10-15(27-14)13-23-25-21(26)17-12-20(19-8-4-5-11-22-19)24-18-7-3-2-6-16(17)18/h2-13H,1H3,(H,25,26)/b23-13-. The molecule has 0 unspecified atom stereocenters. The Morgan fingerprint density at radius 2 is 1.93 bits per heavy atom. The summed E-state index contributed by atoms with van der Waals surface area (Å²) in [5.74, 6) is -0.282. The van der Waals surface area contributed by atoms with Crippen molar-refractivity contribution in [1.82, 2.24) is 15.4 Å². The van der Waals surface area contributed by atoms with Crippen molar-refractivity contribution >= 4 is 34.4 Å². The Morgan fingerprint density at radius 1 is 1.07 bits per heavy atom. The smallest absolute Gasteiger partial charge is 0.267 e. The zero-order valence-electron chi connectivity index (χ0n) is 14.6. The summed E-state index contributed by atoms with van der Waals surface area (Å²) in [6.45, 7) is 2.03. The van der Waals surface area contributed by atoms with Crippen molar-refractivity contribution in [1.29, 1.82) is 0 Å². The molecule has 0 saturated heterocycles. The lowest BCUT2D eigenvalue weighted by atomic mass is 10.1. The summed E-state index contributed by atoms with van der Waals surface area (Å²) in [6.07, 6.45) is 3.36. The van der Waals surface area contributed by atoms with Gasteiger partial charge in [0.15, 0.2) is 0 Å². The molecule has 6 heteroatoms. The Kier molecular flexibility index (Phi) is 4.72. The molecule has 0 aliphatic heterocycles. The van der Waals surface area contributed by atoms with Crippen LogP contribution >= 0.6 is 11.3 Å². The quantitative estimate of drug-likeness (QED) is 0.426. The lowest BCUT2D eigenvalue weighted by molar-refractivity contribution is 0.0957. The summed E-state index contributed by atoms with van der Waals surface area (Å²) < 4.78 is 0. The fraction of sp³-hybridized carbons (Fsp3) is 0.0476. The van der Waals surface area contributed by atoms with Crippen molar-refractivity contribution in [2.45, 2.75) is 6.92 Å². The average Bonchev–Trinajstić information content (AvgIpc) is 3.12. The second kappa shape index (κ2) is 7.47. The Balaban J connectivity index is 1.69. The van der Waals surface area contributed by atoms with Gasteiger partial charge in [0.1, 0.15) is 0 Å². The highest BCUT2D eigenvalue weighted by molar-refractivity contribution is 7.13. The highest BCUT2D eigenvalue weighted by Gasteiger charge is 2.14. The van der Waals surface area contributed by atoms with Crippen LogP contribution in [0.3, 0.4) is 0 Å². The molecule has 0 fully saturated rings. The Morgan fingerprint density at radius 3 is 2.70 bits per heavy atom. The van der Waals surface area contributed by atoms with Gasteiger partial charge in [0.05, 0.1) is 28.7 Å². The predicted molar refractivity (Wildman–Crippen MR) is 109 cm³/mol. The second-order valence-electron chi connectivity index (χ2n) is 5.93. The molecule has 4 rings (SSSR count). The van der Waals surface area contributed by atoms with Crippen LogP contribution < -0.4 is 5.43 Å². The molecule has 3 aromatic heterocycles. The topological polar surface area (TPSA) is 67.2 Å². The number of aryl methyl sites for hydroxylation is 1. The third-order valence-corrected chi connectivity index (χ3v) is 4.94. The number of carbonyl (C=O) groups is 1. The van der Waals surface area contributed by atoms with E-state index >= 15 is 0 Å². The maximum atomic E-state index is 12.8. The molecular formula is C21H16N4OS. The van der Waals surface area contributed by atoms with E-state index in [2.05, 4.69) is 20.5 Å². The fourth-order valence-corrected chi connectivity index (χ4v) is 3.50. The van der Waals surface area contributed by atoms with Gasteiger partial charge in [-0.05, 0) is 43.3 Å². The zero-order valence-corrected chi connectivity index (χ0v) is 15.4. The number of rotatable bonds is 4. The summed E-state index contributed by atoms with van der Waals surface area (Å²) in [5.41, 5.74) is 5.24. The van der Waals surface area contributed by atoms with Crippen LogP contribution in [0.4, 0.5) is 0 Å². The summed E-state index contributed by atoms with van der Waals surface area (Å²) in [4.78, 5) is 23.9. The summed E-state index contributed by atoms with van der Waals surface area (Å²) in [6, 6.07) is 18.9. The average molecular weight is 372 g/mol. The summed E-state index contributed by atoms with van der Waals surface area (Å²) in [5, 5.41) is 4.87. The molecule has 0 bridgehead atoms. The molecule has 0 spiro atoms. The molecule has 1 N–H and O–H groups in total. The van der Waals surface area contributed by atoms with Crippen LogP contribution in [0.5, 0.6) is 0 Å². The fourth-order valence-electron chi connectivity index (χ4n) is 2.75. The first-order chi connectivity index (χ1) is 13.2. The minimum atomic E-state index is -0.282. The van der Waals surface area contributed by atoms with E-state index < -0.39 is 0 Å². The summed E-state index contributed by atoms with van der Waals surface area (Å²) >= 11 is 1.62. The van der Waals surface area contributed by atoms with Crippen molar-refractivity contribution in [2.75, 3.05) is 0 Å². The number of benzene rings is 1. The highest BCUT2D eigenvalue weighted by Crippen LogP contribution is 2.23. The van der Waals surface area contributed by atoms with Gasteiger partial charge >= 0.3 is 0 Å². The Labute approximate surface area is 160 Å². The van der Waals surface area contributed by atoms with Gasteiger partial charge < -0.3 is 0 Å². The van der Waals surface area contributed by atoms with E-state index in [9.17, 15) is 4.79 Å². The lowest BCUT2D eigenvalue weighted by Gasteiger charge is -2.08. The molecule has 4 aromatic rings. The van der Waals surface area contributed by atoms with Crippen molar-refractivity contribution in [3.63, 3.8) is 0 Å². The number of hydrazone groups is 1. The number of aromatic nitrogens is 2. The van der Waals surface area contributed by atoms with E-state index in [1.807, 2.05) is 61.5 Å². The van der Waals surface area contributed by atoms with E-state index in [0.29, 0.717) is 11.3 Å². The van der Waals surface area contributed by atoms with Crippen LogP contribution in [0.15, 0.2) is 72.0 Å². The molecule has 0 radical (unpaired) electrons. The predicted octanol–water partition coefficient (Wildman–Crippen LogP) is 4.43. The molecular weight excluding hydrogens is 356 g/mol. The van der Waals surface area contributed by atoms with E-state index in [4.69, 9.17) is 0 Å². The van der Waals surface area contributed by atoms with Gasteiger partial charge in [-0.3, -0.25) is 9.78 Å². The molecule has 27 heavy (non-hydrogen) atoms. The SMILES string of the molecule is Cc1ccc(/C=N\NC(=O)c2cc(-c3ccccn3)nc3ccccc23)s1. The van der Waals surface area contributed by atoms with Crippen molar-refractivity contribution < 1.29 is 4.79 Å². The normalized spacial score (nSPS) is 11.1. The lowest BCUT2D eigenvalue weighted by Crippen LogP contribution is -2.18.